The van der Waals surface area contributed by atoms with Crippen molar-refractivity contribution in [3.05, 3.63) is 69.8 Å². The van der Waals surface area contributed by atoms with Crippen LogP contribution in [0.4, 0.5) is 11.4 Å². The summed E-state index contributed by atoms with van der Waals surface area (Å²) in [6, 6.07) is 15.2. The fraction of sp³-hybridized carbons (Fsp3) is 0.294. The van der Waals surface area contributed by atoms with E-state index in [1.165, 1.54) is 0 Å². The molecule has 2 aromatic rings. The Morgan fingerprint density at radius 3 is 2.33 bits per heavy atom. The van der Waals surface area contributed by atoms with E-state index in [0.717, 1.165) is 11.1 Å². The smallest absolute Gasteiger partial charge is 0.292 e. The van der Waals surface area contributed by atoms with Crippen LogP contribution in [0.2, 0.25) is 0 Å². The Labute approximate surface area is 125 Å². The van der Waals surface area contributed by atoms with E-state index in [1.807, 2.05) is 43.3 Å². The molecule has 4 nitrogen and oxygen atoms in total. The largest absolute Gasteiger partial charge is 0.372 e. The summed E-state index contributed by atoms with van der Waals surface area (Å²) < 4.78 is 0. The van der Waals surface area contributed by atoms with Crippen molar-refractivity contribution in [2.24, 2.45) is 5.92 Å². The molecule has 0 aromatic heterocycles. The summed E-state index contributed by atoms with van der Waals surface area (Å²) in [5, 5.41) is 14.5. The second-order valence-corrected chi connectivity index (χ2v) is 5.55. The van der Waals surface area contributed by atoms with Crippen LogP contribution in [-0.4, -0.2) is 4.92 Å². The lowest BCUT2D eigenvalue weighted by Gasteiger charge is -2.24. The second-order valence-electron chi connectivity index (χ2n) is 5.55. The van der Waals surface area contributed by atoms with Gasteiger partial charge in [-0.15, -0.1) is 0 Å². The van der Waals surface area contributed by atoms with Crippen LogP contribution in [0.5, 0.6) is 0 Å². The maximum Gasteiger partial charge on any atom is 0.292 e. The van der Waals surface area contributed by atoms with E-state index < -0.39 is 0 Å². The molecule has 21 heavy (non-hydrogen) atoms. The van der Waals surface area contributed by atoms with Crippen LogP contribution in [0.3, 0.4) is 0 Å². The SMILES string of the molecule is Cc1ccc([N+](=O)[O-])c(NC(c2ccccc2)C(C)C)c1. The summed E-state index contributed by atoms with van der Waals surface area (Å²) in [6.07, 6.45) is 0. The van der Waals surface area contributed by atoms with E-state index in [-0.39, 0.29) is 16.7 Å². The normalized spacial score (nSPS) is 12.2. The third-order valence-corrected chi connectivity index (χ3v) is 3.49. The number of anilines is 1. The molecule has 0 aliphatic rings. The van der Waals surface area contributed by atoms with Crippen LogP contribution in [-0.2, 0) is 0 Å². The van der Waals surface area contributed by atoms with E-state index in [2.05, 4.69) is 19.2 Å². The molecular formula is C17H20N2O2. The highest BCUT2D eigenvalue weighted by atomic mass is 16.6. The highest BCUT2D eigenvalue weighted by Gasteiger charge is 2.20. The fourth-order valence-corrected chi connectivity index (χ4v) is 2.39. The van der Waals surface area contributed by atoms with Crippen LogP contribution in [0.1, 0.15) is 31.0 Å². The highest BCUT2D eigenvalue weighted by Crippen LogP contribution is 2.32. The molecule has 0 spiro atoms. The summed E-state index contributed by atoms with van der Waals surface area (Å²) in [6.45, 7) is 6.14. The van der Waals surface area contributed by atoms with E-state index in [4.69, 9.17) is 0 Å². The van der Waals surface area contributed by atoms with Crippen molar-refractivity contribution in [1.82, 2.24) is 0 Å². The van der Waals surface area contributed by atoms with Gasteiger partial charge in [0.25, 0.3) is 5.69 Å². The zero-order valence-corrected chi connectivity index (χ0v) is 12.5. The third-order valence-electron chi connectivity index (χ3n) is 3.49. The van der Waals surface area contributed by atoms with Gasteiger partial charge in [-0.2, -0.15) is 0 Å². The minimum absolute atomic E-state index is 0.0340. The summed E-state index contributed by atoms with van der Waals surface area (Å²) in [5.74, 6) is 0.313. The van der Waals surface area contributed by atoms with Crippen LogP contribution >= 0.6 is 0 Å². The molecule has 1 N–H and O–H groups in total. The predicted molar refractivity (Wildman–Crippen MR) is 85.5 cm³/mol. The van der Waals surface area contributed by atoms with E-state index >= 15 is 0 Å². The van der Waals surface area contributed by atoms with Gasteiger partial charge in [0.05, 0.1) is 11.0 Å². The first-order chi connectivity index (χ1) is 9.99. The summed E-state index contributed by atoms with van der Waals surface area (Å²) >= 11 is 0. The average Bonchev–Trinajstić information content (AvgIpc) is 2.45. The Hall–Kier alpha value is -2.36. The third kappa shape index (κ3) is 3.60. The lowest BCUT2D eigenvalue weighted by atomic mass is 9.95. The molecule has 0 bridgehead atoms. The van der Waals surface area contributed by atoms with Gasteiger partial charge >= 0.3 is 0 Å². The minimum Gasteiger partial charge on any atom is -0.372 e. The van der Waals surface area contributed by atoms with Gasteiger partial charge in [-0.05, 0) is 30.0 Å². The summed E-state index contributed by atoms with van der Waals surface area (Å²) in [7, 11) is 0. The molecule has 1 unspecified atom stereocenters. The minimum atomic E-state index is -0.343. The highest BCUT2D eigenvalue weighted by molar-refractivity contribution is 5.63. The molecule has 1 atom stereocenters. The fourth-order valence-electron chi connectivity index (χ4n) is 2.39. The van der Waals surface area contributed by atoms with E-state index in [1.54, 1.807) is 12.1 Å². The van der Waals surface area contributed by atoms with Crippen molar-refractivity contribution < 1.29 is 4.92 Å². The van der Waals surface area contributed by atoms with Crippen LogP contribution in [0.15, 0.2) is 48.5 Å². The molecule has 2 rings (SSSR count). The van der Waals surface area contributed by atoms with Crippen molar-refractivity contribution in [2.75, 3.05) is 5.32 Å². The summed E-state index contributed by atoms with van der Waals surface area (Å²) in [4.78, 5) is 10.8. The van der Waals surface area contributed by atoms with Crippen LogP contribution in [0.25, 0.3) is 0 Å². The number of nitrogens with one attached hydrogen (secondary N) is 1. The molecule has 0 saturated carbocycles. The second kappa shape index (κ2) is 6.39. The monoisotopic (exact) mass is 284 g/mol. The number of nitro groups is 1. The maximum absolute atomic E-state index is 11.2. The van der Waals surface area contributed by atoms with Crippen molar-refractivity contribution in [3.63, 3.8) is 0 Å². The number of hydrogen-bond acceptors (Lipinski definition) is 3. The number of hydrogen-bond donors (Lipinski definition) is 1. The van der Waals surface area contributed by atoms with Gasteiger partial charge in [0.15, 0.2) is 0 Å². The van der Waals surface area contributed by atoms with Crippen LogP contribution in [0, 0.1) is 23.0 Å². The molecule has 110 valence electrons. The van der Waals surface area contributed by atoms with Gasteiger partial charge in [0, 0.05) is 6.07 Å². The zero-order valence-electron chi connectivity index (χ0n) is 12.5. The number of rotatable bonds is 5. The predicted octanol–water partition coefficient (Wildman–Crippen LogP) is 4.71. The van der Waals surface area contributed by atoms with Gasteiger partial charge in [-0.1, -0.05) is 50.2 Å². The molecule has 0 fully saturated rings. The number of benzene rings is 2. The molecule has 0 saturated heterocycles. The number of aryl methyl sites for hydroxylation is 1. The molecule has 0 amide bonds. The van der Waals surface area contributed by atoms with Gasteiger partial charge in [-0.25, -0.2) is 0 Å². The van der Waals surface area contributed by atoms with Crippen LogP contribution < -0.4 is 5.32 Å². The maximum atomic E-state index is 11.2. The summed E-state index contributed by atoms with van der Waals surface area (Å²) in [5.41, 5.74) is 2.81. The topological polar surface area (TPSA) is 55.2 Å². The average molecular weight is 284 g/mol. The molecule has 0 aliphatic carbocycles. The molecule has 0 heterocycles. The van der Waals surface area contributed by atoms with Gasteiger partial charge in [0.1, 0.15) is 5.69 Å². The van der Waals surface area contributed by atoms with Crippen molar-refractivity contribution >= 4 is 11.4 Å². The Morgan fingerprint density at radius 1 is 1.10 bits per heavy atom. The van der Waals surface area contributed by atoms with Crippen molar-refractivity contribution in [3.8, 4) is 0 Å². The Morgan fingerprint density at radius 2 is 1.76 bits per heavy atom. The molecule has 0 radical (unpaired) electrons. The van der Waals surface area contributed by atoms with Crippen molar-refractivity contribution in [2.45, 2.75) is 26.8 Å². The molecular weight excluding hydrogens is 264 g/mol. The Balaban J connectivity index is 2.38. The van der Waals surface area contributed by atoms with Crippen molar-refractivity contribution in [1.29, 1.82) is 0 Å². The molecule has 4 heteroatoms. The first-order valence-electron chi connectivity index (χ1n) is 7.05. The first kappa shape index (κ1) is 15.0. The lowest BCUT2D eigenvalue weighted by Crippen LogP contribution is -2.17. The molecule has 2 aromatic carbocycles. The van der Waals surface area contributed by atoms with E-state index in [9.17, 15) is 10.1 Å². The number of nitro benzene ring substituents is 1. The lowest BCUT2D eigenvalue weighted by molar-refractivity contribution is -0.384. The number of nitrogens with zero attached hydrogens (tertiary/aromatic N) is 1. The Bertz CT molecular complexity index is 624. The Kier molecular flexibility index (Phi) is 4.58. The molecule has 0 aliphatic heterocycles. The van der Waals surface area contributed by atoms with Gasteiger partial charge in [0.2, 0.25) is 0 Å². The first-order valence-corrected chi connectivity index (χ1v) is 7.05. The standard InChI is InChI=1S/C17H20N2O2/c1-12(2)17(14-7-5-4-6-8-14)18-15-11-13(3)9-10-16(15)19(20)21/h4-12,17-18H,1-3H3. The zero-order chi connectivity index (χ0) is 15.4. The van der Waals surface area contributed by atoms with Gasteiger partial charge < -0.3 is 5.32 Å². The van der Waals surface area contributed by atoms with Gasteiger partial charge in [-0.3, -0.25) is 10.1 Å². The van der Waals surface area contributed by atoms with E-state index in [0.29, 0.717) is 11.6 Å². The quantitative estimate of drug-likeness (QED) is 0.639.